The van der Waals surface area contributed by atoms with Crippen molar-refractivity contribution >= 4 is 16.5 Å². The van der Waals surface area contributed by atoms with E-state index in [0.29, 0.717) is 6.04 Å². The molecule has 1 unspecified atom stereocenters. The second kappa shape index (κ2) is 5.80. The Hall–Kier alpha value is -1.61. The number of anilines is 1. The summed E-state index contributed by atoms with van der Waals surface area (Å²) in [5.74, 6) is 0.767. The van der Waals surface area contributed by atoms with Gasteiger partial charge in [0, 0.05) is 34.9 Å². The van der Waals surface area contributed by atoms with Crippen molar-refractivity contribution in [1.82, 2.24) is 9.88 Å². The van der Waals surface area contributed by atoms with Gasteiger partial charge in [-0.1, -0.05) is 12.1 Å². The molecular weight excluding hydrogens is 246 g/mol. The maximum Gasteiger partial charge on any atom is 0.0423 e. The van der Waals surface area contributed by atoms with Gasteiger partial charge in [0.05, 0.1) is 0 Å². The third-order valence-corrected chi connectivity index (χ3v) is 4.53. The molecule has 1 atom stereocenters. The van der Waals surface area contributed by atoms with E-state index in [1.807, 2.05) is 12.4 Å². The molecular formula is C17H23N3. The Morgan fingerprint density at radius 3 is 2.85 bits per heavy atom. The van der Waals surface area contributed by atoms with Crippen molar-refractivity contribution in [1.29, 1.82) is 0 Å². The van der Waals surface area contributed by atoms with E-state index in [0.717, 1.165) is 5.92 Å². The molecule has 1 aliphatic heterocycles. The van der Waals surface area contributed by atoms with Gasteiger partial charge in [-0.3, -0.25) is 4.98 Å². The zero-order valence-corrected chi connectivity index (χ0v) is 12.3. The Morgan fingerprint density at radius 1 is 1.25 bits per heavy atom. The zero-order chi connectivity index (χ0) is 13.9. The van der Waals surface area contributed by atoms with Gasteiger partial charge in [0.1, 0.15) is 0 Å². The van der Waals surface area contributed by atoms with Crippen molar-refractivity contribution in [3.05, 3.63) is 36.7 Å². The van der Waals surface area contributed by atoms with Crippen LogP contribution in [0.3, 0.4) is 0 Å². The van der Waals surface area contributed by atoms with Crippen LogP contribution in [0.2, 0.25) is 0 Å². The number of nitrogens with one attached hydrogen (secondary N) is 1. The summed E-state index contributed by atoms with van der Waals surface area (Å²) in [5.41, 5.74) is 1.23. The molecule has 0 amide bonds. The van der Waals surface area contributed by atoms with Crippen LogP contribution in [0.4, 0.5) is 5.69 Å². The standard InChI is InChI=1S/C17H23N3/c1-13(14-7-10-20(2)11-8-14)19-17-5-3-4-15-12-18-9-6-16(15)17/h3-6,9,12-14,19H,7-8,10-11H2,1-2H3. The predicted molar refractivity (Wildman–Crippen MR) is 85.0 cm³/mol. The van der Waals surface area contributed by atoms with Crippen molar-refractivity contribution in [2.45, 2.75) is 25.8 Å². The second-order valence-corrected chi connectivity index (χ2v) is 5.98. The lowest BCUT2D eigenvalue weighted by atomic mass is 9.90. The van der Waals surface area contributed by atoms with Crippen LogP contribution in [0.5, 0.6) is 0 Å². The van der Waals surface area contributed by atoms with Crippen LogP contribution in [0.1, 0.15) is 19.8 Å². The molecule has 20 heavy (non-hydrogen) atoms. The summed E-state index contributed by atoms with van der Waals surface area (Å²) in [6, 6.07) is 9.01. The number of nitrogens with zero attached hydrogens (tertiary/aromatic N) is 2. The molecule has 0 spiro atoms. The highest BCUT2D eigenvalue weighted by Crippen LogP contribution is 2.27. The number of benzene rings is 1. The average Bonchev–Trinajstić information content (AvgIpc) is 2.48. The Morgan fingerprint density at radius 2 is 2.05 bits per heavy atom. The number of hydrogen-bond acceptors (Lipinski definition) is 3. The molecule has 1 saturated heterocycles. The molecule has 0 radical (unpaired) electrons. The Balaban J connectivity index is 1.76. The number of likely N-dealkylation sites (tertiary alicyclic amines) is 1. The molecule has 1 aliphatic rings. The van der Waals surface area contributed by atoms with E-state index in [9.17, 15) is 0 Å². The third kappa shape index (κ3) is 2.78. The van der Waals surface area contributed by atoms with Gasteiger partial charge >= 0.3 is 0 Å². The van der Waals surface area contributed by atoms with E-state index < -0.39 is 0 Å². The van der Waals surface area contributed by atoms with E-state index in [1.54, 1.807) is 0 Å². The molecule has 3 heteroatoms. The van der Waals surface area contributed by atoms with Crippen LogP contribution < -0.4 is 5.32 Å². The lowest BCUT2D eigenvalue weighted by molar-refractivity contribution is 0.208. The minimum Gasteiger partial charge on any atom is -0.382 e. The van der Waals surface area contributed by atoms with Crippen molar-refractivity contribution in [2.75, 3.05) is 25.5 Å². The van der Waals surface area contributed by atoms with Crippen molar-refractivity contribution in [3.8, 4) is 0 Å². The molecule has 1 N–H and O–H groups in total. The van der Waals surface area contributed by atoms with E-state index >= 15 is 0 Å². The lowest BCUT2D eigenvalue weighted by Crippen LogP contribution is -2.37. The van der Waals surface area contributed by atoms with Crippen molar-refractivity contribution < 1.29 is 0 Å². The topological polar surface area (TPSA) is 28.2 Å². The first kappa shape index (κ1) is 13.4. The van der Waals surface area contributed by atoms with Gasteiger partial charge < -0.3 is 10.2 Å². The monoisotopic (exact) mass is 269 g/mol. The van der Waals surface area contributed by atoms with Crippen LogP contribution in [-0.2, 0) is 0 Å². The first-order valence-electron chi connectivity index (χ1n) is 7.52. The van der Waals surface area contributed by atoms with Crippen LogP contribution in [0.15, 0.2) is 36.7 Å². The number of hydrogen-bond donors (Lipinski definition) is 1. The van der Waals surface area contributed by atoms with Gasteiger partial charge in [-0.05, 0) is 58.0 Å². The summed E-state index contributed by atoms with van der Waals surface area (Å²) < 4.78 is 0. The molecule has 106 valence electrons. The van der Waals surface area contributed by atoms with Crippen LogP contribution in [0.25, 0.3) is 10.8 Å². The SMILES string of the molecule is CC(Nc1cccc2cnccc12)C1CCN(C)CC1. The summed E-state index contributed by atoms with van der Waals surface area (Å²) >= 11 is 0. The van der Waals surface area contributed by atoms with Crippen LogP contribution in [-0.4, -0.2) is 36.1 Å². The minimum absolute atomic E-state index is 0.516. The maximum atomic E-state index is 4.20. The molecule has 0 saturated carbocycles. The van der Waals surface area contributed by atoms with Crippen LogP contribution in [0, 0.1) is 5.92 Å². The third-order valence-electron chi connectivity index (χ3n) is 4.53. The Kier molecular flexibility index (Phi) is 3.88. The summed E-state index contributed by atoms with van der Waals surface area (Å²) in [6.07, 6.45) is 6.38. The smallest absolute Gasteiger partial charge is 0.0423 e. The number of aromatic nitrogens is 1. The fraction of sp³-hybridized carbons (Fsp3) is 0.471. The molecule has 1 aromatic carbocycles. The maximum absolute atomic E-state index is 4.20. The summed E-state index contributed by atoms with van der Waals surface area (Å²) in [5, 5.41) is 6.19. The fourth-order valence-electron chi connectivity index (χ4n) is 3.14. The molecule has 2 heterocycles. The van der Waals surface area contributed by atoms with E-state index in [-0.39, 0.29) is 0 Å². The predicted octanol–water partition coefficient (Wildman–Crippen LogP) is 3.38. The molecule has 1 aromatic heterocycles. The largest absolute Gasteiger partial charge is 0.382 e. The second-order valence-electron chi connectivity index (χ2n) is 5.98. The highest BCUT2D eigenvalue weighted by Gasteiger charge is 2.22. The van der Waals surface area contributed by atoms with Gasteiger partial charge in [-0.25, -0.2) is 0 Å². The van der Waals surface area contributed by atoms with Gasteiger partial charge in [-0.15, -0.1) is 0 Å². The molecule has 2 aromatic rings. The molecule has 1 fully saturated rings. The molecule has 3 rings (SSSR count). The normalized spacial score (nSPS) is 19.1. The van der Waals surface area contributed by atoms with E-state index in [4.69, 9.17) is 0 Å². The summed E-state index contributed by atoms with van der Waals surface area (Å²) in [7, 11) is 2.21. The Labute approximate surface area is 121 Å². The summed E-state index contributed by atoms with van der Waals surface area (Å²) in [6.45, 7) is 4.75. The van der Waals surface area contributed by atoms with Gasteiger partial charge in [-0.2, -0.15) is 0 Å². The number of pyridine rings is 1. The lowest BCUT2D eigenvalue weighted by Gasteiger charge is -2.33. The van der Waals surface area contributed by atoms with E-state index in [1.165, 1.54) is 42.4 Å². The first-order chi connectivity index (χ1) is 9.74. The molecule has 0 aliphatic carbocycles. The number of fused-ring (bicyclic) bond motifs is 1. The highest BCUT2D eigenvalue weighted by atomic mass is 15.1. The van der Waals surface area contributed by atoms with Gasteiger partial charge in [0.25, 0.3) is 0 Å². The van der Waals surface area contributed by atoms with E-state index in [2.05, 4.69) is 53.4 Å². The molecule has 0 bridgehead atoms. The van der Waals surface area contributed by atoms with Gasteiger partial charge in [0.15, 0.2) is 0 Å². The molecule has 3 nitrogen and oxygen atoms in total. The average molecular weight is 269 g/mol. The number of piperidine rings is 1. The fourth-order valence-corrected chi connectivity index (χ4v) is 3.14. The first-order valence-corrected chi connectivity index (χ1v) is 7.52. The zero-order valence-electron chi connectivity index (χ0n) is 12.3. The quantitative estimate of drug-likeness (QED) is 0.926. The number of rotatable bonds is 3. The van der Waals surface area contributed by atoms with Gasteiger partial charge in [0.2, 0.25) is 0 Å². The Bertz CT molecular complexity index is 568. The van der Waals surface area contributed by atoms with Crippen molar-refractivity contribution in [3.63, 3.8) is 0 Å². The van der Waals surface area contributed by atoms with Crippen LogP contribution >= 0.6 is 0 Å². The highest BCUT2D eigenvalue weighted by molar-refractivity contribution is 5.93. The minimum atomic E-state index is 0.516. The van der Waals surface area contributed by atoms with Crippen molar-refractivity contribution in [2.24, 2.45) is 5.92 Å². The summed E-state index contributed by atoms with van der Waals surface area (Å²) in [4.78, 5) is 6.62.